The van der Waals surface area contributed by atoms with Gasteiger partial charge in [-0.25, -0.2) is 4.98 Å². The zero-order valence-electron chi connectivity index (χ0n) is 19.6. The van der Waals surface area contributed by atoms with Gasteiger partial charge in [0.05, 0.1) is 12.2 Å². The highest BCUT2D eigenvalue weighted by atomic mass is 127. The zero-order chi connectivity index (χ0) is 21.5. The van der Waals surface area contributed by atoms with Crippen LogP contribution in [0.1, 0.15) is 48.2 Å². The van der Waals surface area contributed by atoms with Crippen LogP contribution in [0.5, 0.6) is 0 Å². The second-order valence-electron chi connectivity index (χ2n) is 8.45. The summed E-state index contributed by atoms with van der Waals surface area (Å²) < 4.78 is 5.74. The number of nitrogens with zero attached hydrogens (tertiary/aromatic N) is 4. The molecule has 1 fully saturated rings. The SMILES string of the molecule is CCNC(=NCC1CCN(Cc2nc(C)c(C)o2)CC1)N(C)Cc1ccccc1C.I. The minimum absolute atomic E-state index is 0. The van der Waals surface area contributed by atoms with Crippen LogP contribution in [0.2, 0.25) is 0 Å². The Morgan fingerprint density at radius 1 is 1.23 bits per heavy atom. The molecule has 2 aromatic rings. The van der Waals surface area contributed by atoms with E-state index in [2.05, 4.69) is 65.3 Å². The Morgan fingerprint density at radius 3 is 2.55 bits per heavy atom. The second kappa shape index (κ2) is 12.4. The molecule has 0 saturated carbocycles. The van der Waals surface area contributed by atoms with Crippen LogP contribution in [-0.4, -0.2) is 54.0 Å². The van der Waals surface area contributed by atoms with E-state index in [1.165, 1.54) is 24.0 Å². The van der Waals surface area contributed by atoms with Crippen LogP contribution in [0.3, 0.4) is 0 Å². The van der Waals surface area contributed by atoms with Gasteiger partial charge in [-0.2, -0.15) is 0 Å². The first-order valence-electron chi connectivity index (χ1n) is 11.2. The molecule has 0 unspecified atom stereocenters. The Balaban J connectivity index is 0.00000341. The fraction of sp³-hybridized carbons (Fsp3) is 0.583. The van der Waals surface area contributed by atoms with Crippen LogP contribution in [-0.2, 0) is 13.1 Å². The predicted octanol–water partition coefficient (Wildman–Crippen LogP) is 4.53. The minimum atomic E-state index is 0. The fourth-order valence-corrected chi connectivity index (χ4v) is 3.93. The zero-order valence-corrected chi connectivity index (χ0v) is 22.0. The van der Waals surface area contributed by atoms with Crippen LogP contribution in [0.15, 0.2) is 33.7 Å². The summed E-state index contributed by atoms with van der Waals surface area (Å²) in [4.78, 5) is 14.2. The molecule has 1 aliphatic heterocycles. The summed E-state index contributed by atoms with van der Waals surface area (Å²) >= 11 is 0. The summed E-state index contributed by atoms with van der Waals surface area (Å²) in [5.41, 5.74) is 3.67. The van der Waals surface area contributed by atoms with Gasteiger partial charge in [-0.05, 0) is 70.7 Å². The van der Waals surface area contributed by atoms with E-state index < -0.39 is 0 Å². The monoisotopic (exact) mass is 539 g/mol. The number of piperidine rings is 1. The van der Waals surface area contributed by atoms with Gasteiger partial charge < -0.3 is 14.6 Å². The largest absolute Gasteiger partial charge is 0.444 e. The van der Waals surface area contributed by atoms with Crippen LogP contribution >= 0.6 is 24.0 Å². The molecule has 1 N–H and O–H groups in total. The number of likely N-dealkylation sites (tertiary alicyclic amines) is 1. The molecule has 7 heteroatoms. The quantitative estimate of drug-likeness (QED) is 0.319. The van der Waals surface area contributed by atoms with E-state index in [4.69, 9.17) is 9.41 Å². The molecule has 172 valence electrons. The molecule has 0 amide bonds. The molecule has 1 saturated heterocycles. The molecule has 0 atom stereocenters. The number of halogens is 1. The number of rotatable bonds is 7. The molecule has 0 spiro atoms. The maximum Gasteiger partial charge on any atom is 0.208 e. The lowest BCUT2D eigenvalue weighted by Crippen LogP contribution is -2.39. The number of guanidine groups is 1. The van der Waals surface area contributed by atoms with Crippen molar-refractivity contribution in [1.82, 2.24) is 20.1 Å². The van der Waals surface area contributed by atoms with E-state index in [1.54, 1.807) is 0 Å². The van der Waals surface area contributed by atoms with Gasteiger partial charge in [0, 0.05) is 26.7 Å². The molecular weight excluding hydrogens is 501 g/mol. The summed E-state index contributed by atoms with van der Waals surface area (Å²) in [6, 6.07) is 8.56. The second-order valence-corrected chi connectivity index (χ2v) is 8.45. The van der Waals surface area contributed by atoms with E-state index in [0.29, 0.717) is 5.92 Å². The highest BCUT2D eigenvalue weighted by molar-refractivity contribution is 14.0. The molecule has 6 nitrogen and oxygen atoms in total. The summed E-state index contributed by atoms with van der Waals surface area (Å²) in [6.07, 6.45) is 2.34. The van der Waals surface area contributed by atoms with E-state index in [-0.39, 0.29) is 24.0 Å². The standard InChI is InChI=1S/C24H37N5O.HI/c1-6-25-24(28(5)16-22-10-8-7-9-18(22)2)26-15-21-11-13-29(14-12-21)17-23-27-19(3)20(4)30-23;/h7-10,21H,6,11-17H2,1-5H3,(H,25,26);1H. The van der Waals surface area contributed by atoms with Crippen molar-refractivity contribution >= 4 is 29.9 Å². The molecule has 1 aromatic heterocycles. The average Bonchev–Trinajstić information content (AvgIpc) is 3.04. The fourth-order valence-electron chi connectivity index (χ4n) is 3.93. The number of aromatic nitrogens is 1. The maximum absolute atomic E-state index is 5.74. The smallest absolute Gasteiger partial charge is 0.208 e. The van der Waals surface area contributed by atoms with Crippen molar-refractivity contribution in [2.75, 3.05) is 33.2 Å². The maximum atomic E-state index is 5.74. The van der Waals surface area contributed by atoms with E-state index in [1.807, 2.05) is 13.8 Å². The Hall–Kier alpha value is -1.61. The molecule has 31 heavy (non-hydrogen) atoms. The van der Waals surface area contributed by atoms with Crippen LogP contribution in [0.4, 0.5) is 0 Å². The van der Waals surface area contributed by atoms with Crippen molar-refractivity contribution in [3.05, 3.63) is 52.7 Å². The van der Waals surface area contributed by atoms with Gasteiger partial charge in [0.15, 0.2) is 5.96 Å². The Labute approximate surface area is 204 Å². The molecule has 2 heterocycles. The normalized spacial score (nSPS) is 15.6. The third-order valence-corrected chi connectivity index (χ3v) is 6.00. The minimum Gasteiger partial charge on any atom is -0.444 e. The van der Waals surface area contributed by atoms with E-state index >= 15 is 0 Å². The van der Waals surface area contributed by atoms with Gasteiger partial charge in [-0.1, -0.05) is 24.3 Å². The van der Waals surface area contributed by atoms with Gasteiger partial charge in [-0.3, -0.25) is 9.89 Å². The first-order chi connectivity index (χ1) is 14.5. The lowest BCUT2D eigenvalue weighted by atomic mass is 9.97. The first-order valence-corrected chi connectivity index (χ1v) is 11.2. The van der Waals surface area contributed by atoms with Crippen molar-refractivity contribution in [3.63, 3.8) is 0 Å². The Bertz CT molecular complexity index is 823. The number of aliphatic imine (C=N–C) groups is 1. The van der Waals surface area contributed by atoms with E-state index in [0.717, 1.165) is 62.6 Å². The van der Waals surface area contributed by atoms with Crippen molar-refractivity contribution in [2.24, 2.45) is 10.9 Å². The Morgan fingerprint density at radius 2 is 1.94 bits per heavy atom. The van der Waals surface area contributed by atoms with Gasteiger partial charge in [0.25, 0.3) is 0 Å². The van der Waals surface area contributed by atoms with Crippen LogP contribution in [0, 0.1) is 26.7 Å². The highest BCUT2D eigenvalue weighted by Gasteiger charge is 2.21. The Kier molecular flexibility index (Phi) is 10.3. The van der Waals surface area contributed by atoms with Crippen molar-refractivity contribution in [3.8, 4) is 0 Å². The van der Waals surface area contributed by atoms with Crippen molar-refractivity contribution < 1.29 is 4.42 Å². The molecule has 1 aliphatic rings. The molecule has 0 radical (unpaired) electrons. The number of hydrogen-bond donors (Lipinski definition) is 1. The topological polar surface area (TPSA) is 56.9 Å². The summed E-state index contributed by atoms with van der Waals surface area (Å²) in [5.74, 6) is 3.40. The molecular formula is C24H38IN5O. The van der Waals surface area contributed by atoms with Crippen molar-refractivity contribution in [2.45, 2.75) is 53.6 Å². The average molecular weight is 540 g/mol. The summed E-state index contributed by atoms with van der Waals surface area (Å²) in [6.45, 7) is 13.9. The highest BCUT2D eigenvalue weighted by Crippen LogP contribution is 2.20. The van der Waals surface area contributed by atoms with Gasteiger partial charge in [0.1, 0.15) is 5.76 Å². The number of oxazole rings is 1. The predicted molar refractivity (Wildman–Crippen MR) is 138 cm³/mol. The number of benzene rings is 1. The van der Waals surface area contributed by atoms with Crippen molar-refractivity contribution in [1.29, 1.82) is 0 Å². The lowest BCUT2D eigenvalue weighted by Gasteiger charge is -2.30. The third-order valence-electron chi connectivity index (χ3n) is 6.00. The first kappa shape index (κ1) is 25.6. The molecule has 1 aromatic carbocycles. The number of aryl methyl sites for hydroxylation is 3. The summed E-state index contributed by atoms with van der Waals surface area (Å²) in [7, 11) is 2.12. The molecule has 0 bridgehead atoms. The van der Waals surface area contributed by atoms with Gasteiger partial charge >= 0.3 is 0 Å². The summed E-state index contributed by atoms with van der Waals surface area (Å²) in [5, 5.41) is 3.46. The lowest BCUT2D eigenvalue weighted by molar-refractivity contribution is 0.166. The number of hydrogen-bond acceptors (Lipinski definition) is 4. The van der Waals surface area contributed by atoms with E-state index in [9.17, 15) is 0 Å². The molecule has 0 aliphatic carbocycles. The molecule has 3 rings (SSSR count). The third kappa shape index (κ3) is 7.49. The van der Waals surface area contributed by atoms with Crippen LogP contribution < -0.4 is 5.32 Å². The van der Waals surface area contributed by atoms with Gasteiger partial charge in [-0.15, -0.1) is 24.0 Å². The van der Waals surface area contributed by atoms with Crippen LogP contribution in [0.25, 0.3) is 0 Å². The van der Waals surface area contributed by atoms with Gasteiger partial charge in [0.2, 0.25) is 5.89 Å². The number of nitrogens with one attached hydrogen (secondary N) is 1.